The Morgan fingerprint density at radius 3 is 2.88 bits per heavy atom. The van der Waals surface area contributed by atoms with Crippen molar-refractivity contribution in [1.29, 1.82) is 5.26 Å². The molecule has 0 bridgehead atoms. The smallest absolute Gasteiger partial charge is 0.266 e. The van der Waals surface area contributed by atoms with Gasteiger partial charge in [0, 0.05) is 16.0 Å². The maximum Gasteiger partial charge on any atom is 0.266 e. The van der Waals surface area contributed by atoms with E-state index in [0.717, 1.165) is 4.47 Å². The van der Waals surface area contributed by atoms with E-state index < -0.39 is 0 Å². The molecule has 0 aliphatic carbocycles. The Bertz CT molecular complexity index is 586. The third-order valence-electron chi connectivity index (χ3n) is 1.93. The number of anilines is 1. The third-order valence-corrected chi connectivity index (χ3v) is 3.62. The fraction of sp³-hybridized carbons (Fsp3) is 0. The predicted molar refractivity (Wildman–Crippen MR) is 68.9 cm³/mol. The Kier molecular flexibility index (Phi) is 3.52. The van der Waals surface area contributed by atoms with Gasteiger partial charge in [-0.2, -0.15) is 5.26 Å². The first kappa shape index (κ1) is 11.8. The van der Waals surface area contributed by atoms with Crippen molar-refractivity contribution >= 4 is 39.0 Å². The minimum absolute atomic E-state index is 0.210. The molecule has 2 heterocycles. The van der Waals surface area contributed by atoms with Crippen LogP contribution in [0, 0.1) is 11.3 Å². The second-order valence-electron chi connectivity index (χ2n) is 3.13. The lowest BCUT2D eigenvalue weighted by atomic mass is 10.3. The molecule has 0 radical (unpaired) electrons. The summed E-state index contributed by atoms with van der Waals surface area (Å²) in [4.78, 5) is 16.3. The summed E-state index contributed by atoms with van der Waals surface area (Å²) in [7, 11) is 0. The maximum atomic E-state index is 11.8. The molecule has 0 fully saturated rings. The highest BCUT2D eigenvalue weighted by Gasteiger charge is 2.09. The van der Waals surface area contributed by atoms with Crippen molar-refractivity contribution in [3.8, 4) is 6.07 Å². The van der Waals surface area contributed by atoms with E-state index in [1.807, 2.05) is 11.4 Å². The molecule has 0 atom stereocenters. The number of pyridine rings is 1. The molecule has 0 aromatic carbocycles. The average molecular weight is 308 g/mol. The van der Waals surface area contributed by atoms with Crippen molar-refractivity contribution in [2.75, 3.05) is 5.32 Å². The van der Waals surface area contributed by atoms with Crippen LogP contribution in [0.2, 0.25) is 0 Å². The fourth-order valence-corrected chi connectivity index (χ4v) is 2.47. The number of halogens is 1. The largest absolute Gasteiger partial charge is 0.306 e. The van der Waals surface area contributed by atoms with E-state index in [9.17, 15) is 4.79 Å². The summed E-state index contributed by atoms with van der Waals surface area (Å²) in [6.45, 7) is 0. The lowest BCUT2D eigenvalue weighted by Gasteiger charge is -2.01. The van der Waals surface area contributed by atoms with Gasteiger partial charge >= 0.3 is 0 Å². The topological polar surface area (TPSA) is 65.8 Å². The summed E-state index contributed by atoms with van der Waals surface area (Å²) in [6, 6.07) is 6.90. The molecule has 1 amide bonds. The van der Waals surface area contributed by atoms with Crippen LogP contribution in [0.5, 0.6) is 0 Å². The summed E-state index contributed by atoms with van der Waals surface area (Å²) in [5, 5.41) is 13.1. The van der Waals surface area contributed by atoms with Crippen LogP contribution in [0.1, 0.15) is 15.2 Å². The zero-order chi connectivity index (χ0) is 12.3. The number of hydrogen-bond donors (Lipinski definition) is 1. The van der Waals surface area contributed by atoms with E-state index in [4.69, 9.17) is 5.26 Å². The normalized spacial score (nSPS) is 9.65. The Morgan fingerprint density at radius 1 is 1.53 bits per heavy atom. The van der Waals surface area contributed by atoms with Crippen LogP contribution >= 0.6 is 27.3 Å². The highest BCUT2D eigenvalue weighted by atomic mass is 79.9. The Morgan fingerprint density at radius 2 is 2.35 bits per heavy atom. The fourth-order valence-electron chi connectivity index (χ4n) is 1.14. The molecule has 0 unspecified atom stereocenters. The van der Waals surface area contributed by atoms with Crippen LogP contribution in [0.4, 0.5) is 5.82 Å². The Labute approximate surface area is 110 Å². The highest BCUT2D eigenvalue weighted by Crippen LogP contribution is 2.20. The molecule has 0 saturated heterocycles. The van der Waals surface area contributed by atoms with Crippen LogP contribution in [0.3, 0.4) is 0 Å². The van der Waals surface area contributed by atoms with Crippen molar-refractivity contribution in [2.45, 2.75) is 0 Å². The summed E-state index contributed by atoms with van der Waals surface area (Å²) in [5.74, 6) is 0.219. The molecule has 2 aromatic heterocycles. The van der Waals surface area contributed by atoms with Crippen LogP contribution in [-0.4, -0.2) is 10.9 Å². The van der Waals surface area contributed by atoms with Crippen molar-refractivity contribution in [3.05, 3.63) is 44.7 Å². The van der Waals surface area contributed by atoms with Gasteiger partial charge in [0.25, 0.3) is 5.91 Å². The van der Waals surface area contributed by atoms with Crippen LogP contribution in [0.25, 0.3) is 0 Å². The number of carbonyl (C=O) groups excluding carboxylic acids is 1. The second-order valence-corrected chi connectivity index (χ2v) is 4.95. The molecule has 17 heavy (non-hydrogen) atoms. The quantitative estimate of drug-likeness (QED) is 0.927. The first-order chi connectivity index (χ1) is 8.19. The van der Waals surface area contributed by atoms with Gasteiger partial charge in [-0.3, -0.25) is 4.79 Å². The summed E-state index contributed by atoms with van der Waals surface area (Å²) in [5.41, 5.74) is 0.460. The van der Waals surface area contributed by atoms with Crippen molar-refractivity contribution < 1.29 is 4.79 Å². The molecule has 84 valence electrons. The monoisotopic (exact) mass is 307 g/mol. The number of nitrogens with zero attached hydrogens (tertiary/aromatic N) is 2. The minimum Gasteiger partial charge on any atom is -0.306 e. The number of hydrogen-bond acceptors (Lipinski definition) is 4. The molecule has 0 saturated carbocycles. The third kappa shape index (κ3) is 2.90. The zero-order valence-electron chi connectivity index (χ0n) is 8.48. The average Bonchev–Trinajstić information content (AvgIpc) is 2.77. The standard InChI is InChI=1S/C11H6BrN3OS/c12-8-3-9(17-6-8)11(16)15-10-2-1-7(4-13)5-14-10/h1-3,5-6H,(H,14,15,16). The van der Waals surface area contributed by atoms with Crippen molar-refractivity contribution in [1.82, 2.24) is 4.98 Å². The minimum atomic E-state index is -0.210. The van der Waals surface area contributed by atoms with Gasteiger partial charge in [0.05, 0.1) is 10.4 Å². The molecule has 0 aliphatic rings. The Hall–Kier alpha value is -1.71. The lowest BCUT2D eigenvalue weighted by Crippen LogP contribution is -2.11. The SMILES string of the molecule is N#Cc1ccc(NC(=O)c2cc(Br)cs2)nc1. The van der Waals surface area contributed by atoms with Crippen molar-refractivity contribution in [2.24, 2.45) is 0 Å². The van der Waals surface area contributed by atoms with Crippen LogP contribution in [0.15, 0.2) is 34.2 Å². The number of carbonyl (C=O) groups is 1. The number of nitriles is 1. The molecule has 6 heteroatoms. The number of nitrogens with one attached hydrogen (secondary N) is 1. The van der Waals surface area contributed by atoms with Crippen LogP contribution in [-0.2, 0) is 0 Å². The molecule has 2 aromatic rings. The van der Waals surface area contributed by atoms with E-state index in [0.29, 0.717) is 16.3 Å². The molecular weight excluding hydrogens is 302 g/mol. The van der Waals surface area contributed by atoms with Gasteiger partial charge in [0.1, 0.15) is 11.9 Å². The molecule has 0 aliphatic heterocycles. The van der Waals surface area contributed by atoms with E-state index >= 15 is 0 Å². The summed E-state index contributed by atoms with van der Waals surface area (Å²) >= 11 is 4.63. The van der Waals surface area contributed by atoms with E-state index in [1.165, 1.54) is 17.5 Å². The zero-order valence-corrected chi connectivity index (χ0v) is 10.9. The second kappa shape index (κ2) is 5.08. The predicted octanol–water partition coefficient (Wildman–Crippen LogP) is 3.03. The number of thiophene rings is 1. The molecule has 2 rings (SSSR count). The van der Waals surface area contributed by atoms with E-state index in [1.54, 1.807) is 18.2 Å². The first-order valence-corrected chi connectivity index (χ1v) is 6.28. The first-order valence-electron chi connectivity index (χ1n) is 4.60. The summed E-state index contributed by atoms with van der Waals surface area (Å²) in [6.07, 6.45) is 1.42. The lowest BCUT2D eigenvalue weighted by molar-refractivity contribution is 0.103. The van der Waals surface area contributed by atoms with Gasteiger partial charge in [0.15, 0.2) is 0 Å². The maximum absolute atomic E-state index is 11.8. The number of aromatic nitrogens is 1. The van der Waals surface area contributed by atoms with Gasteiger partial charge in [-0.25, -0.2) is 4.98 Å². The van der Waals surface area contributed by atoms with Gasteiger partial charge in [-0.15, -0.1) is 11.3 Å². The van der Waals surface area contributed by atoms with Crippen molar-refractivity contribution in [3.63, 3.8) is 0 Å². The summed E-state index contributed by atoms with van der Waals surface area (Å²) < 4.78 is 0.875. The molecule has 0 spiro atoms. The Balaban J connectivity index is 2.11. The van der Waals surface area contributed by atoms with Gasteiger partial charge in [-0.1, -0.05) is 0 Å². The van der Waals surface area contributed by atoms with Gasteiger partial charge in [-0.05, 0) is 34.1 Å². The number of rotatable bonds is 2. The highest BCUT2D eigenvalue weighted by molar-refractivity contribution is 9.10. The van der Waals surface area contributed by atoms with Crippen LogP contribution < -0.4 is 5.32 Å². The van der Waals surface area contributed by atoms with E-state index in [2.05, 4.69) is 26.2 Å². The number of amides is 1. The molecule has 4 nitrogen and oxygen atoms in total. The van der Waals surface area contributed by atoms with Gasteiger partial charge in [0.2, 0.25) is 0 Å². The molecular formula is C11H6BrN3OS. The van der Waals surface area contributed by atoms with Gasteiger partial charge < -0.3 is 5.32 Å². The molecule has 1 N–H and O–H groups in total. The van der Waals surface area contributed by atoms with E-state index in [-0.39, 0.29) is 5.91 Å².